The Morgan fingerprint density at radius 2 is 2.03 bits per heavy atom. The number of hydrogen-bond acceptors (Lipinski definition) is 8. The first kappa shape index (κ1) is 22.8. The summed E-state index contributed by atoms with van der Waals surface area (Å²) in [5.74, 6) is 1.87. The molecule has 0 radical (unpaired) electrons. The predicted molar refractivity (Wildman–Crippen MR) is 128 cm³/mol. The maximum absolute atomic E-state index is 12.3. The van der Waals surface area contributed by atoms with Gasteiger partial charge in [0.1, 0.15) is 35.9 Å². The number of nitrogens with zero attached hydrogens (tertiary/aromatic N) is 8. The maximum Gasteiger partial charge on any atom is 0.335 e. The summed E-state index contributed by atoms with van der Waals surface area (Å²) < 4.78 is 15.2. The monoisotopic (exact) mass is 476 g/mol. The molecule has 5 rings (SSSR count). The lowest BCUT2D eigenvalue weighted by atomic mass is 10.1. The van der Waals surface area contributed by atoms with Crippen LogP contribution in [0.1, 0.15) is 40.7 Å². The van der Waals surface area contributed by atoms with Gasteiger partial charge in [-0.3, -0.25) is 0 Å². The van der Waals surface area contributed by atoms with E-state index in [4.69, 9.17) is 14.5 Å². The largest absolute Gasteiger partial charge is 0.491 e. The number of ether oxygens (including phenoxy) is 2. The van der Waals surface area contributed by atoms with Gasteiger partial charge in [0.2, 0.25) is 0 Å². The number of rotatable bonds is 6. The van der Waals surface area contributed by atoms with Crippen molar-refractivity contribution < 1.29 is 14.3 Å². The van der Waals surface area contributed by atoms with Crippen molar-refractivity contribution in [2.45, 2.75) is 52.7 Å². The number of aromatic nitrogens is 8. The Kier molecular flexibility index (Phi) is 5.62. The predicted octanol–water partition coefficient (Wildman–Crippen LogP) is 3.34. The van der Waals surface area contributed by atoms with E-state index in [1.807, 2.05) is 29.1 Å². The quantitative estimate of drug-likeness (QED) is 0.389. The zero-order chi connectivity index (χ0) is 24.7. The van der Waals surface area contributed by atoms with Crippen molar-refractivity contribution in [3.05, 3.63) is 36.9 Å². The van der Waals surface area contributed by atoms with Gasteiger partial charge < -0.3 is 14.0 Å². The van der Waals surface area contributed by atoms with Gasteiger partial charge in [-0.15, -0.1) is 0 Å². The number of benzene rings is 1. The van der Waals surface area contributed by atoms with Crippen LogP contribution in [-0.2, 0) is 21.6 Å². The Balaban J connectivity index is 1.49. The van der Waals surface area contributed by atoms with Gasteiger partial charge in [0.15, 0.2) is 11.4 Å². The van der Waals surface area contributed by atoms with Gasteiger partial charge >= 0.3 is 5.97 Å². The van der Waals surface area contributed by atoms with Gasteiger partial charge in [-0.2, -0.15) is 20.1 Å². The smallest absolute Gasteiger partial charge is 0.335 e. The molecule has 0 saturated heterocycles. The second-order valence-corrected chi connectivity index (χ2v) is 9.12. The molecule has 0 N–H and O–H groups in total. The van der Waals surface area contributed by atoms with E-state index in [9.17, 15) is 4.79 Å². The van der Waals surface area contributed by atoms with E-state index in [0.717, 1.165) is 28.5 Å². The average Bonchev–Trinajstić information content (AvgIpc) is 3.57. The van der Waals surface area contributed by atoms with Crippen LogP contribution in [0.2, 0.25) is 0 Å². The fourth-order valence-electron chi connectivity index (χ4n) is 4.01. The third-order valence-electron chi connectivity index (χ3n) is 5.94. The van der Waals surface area contributed by atoms with Crippen molar-refractivity contribution in [3.8, 4) is 39.9 Å². The highest BCUT2D eigenvalue weighted by Crippen LogP contribution is 2.36. The number of carbonyl (C=O) groups excluding carboxylic acids is 1. The molecule has 0 saturated carbocycles. The van der Waals surface area contributed by atoms with Crippen LogP contribution in [0.15, 0.2) is 36.9 Å². The normalized spacial score (nSPS) is 13.2. The highest BCUT2D eigenvalue weighted by molar-refractivity contribution is 5.78. The molecule has 182 valence electrons. The van der Waals surface area contributed by atoms with Crippen LogP contribution in [-0.4, -0.2) is 58.5 Å². The van der Waals surface area contributed by atoms with Crippen molar-refractivity contribution in [2.24, 2.45) is 0 Å². The molecule has 0 spiro atoms. The molecule has 4 heterocycles. The molecule has 1 aliphatic rings. The molecule has 0 aliphatic carbocycles. The summed E-state index contributed by atoms with van der Waals surface area (Å²) in [5, 5.41) is 13.2. The molecule has 0 amide bonds. The van der Waals surface area contributed by atoms with E-state index in [1.54, 1.807) is 33.3 Å². The van der Waals surface area contributed by atoms with Crippen LogP contribution in [0, 0.1) is 0 Å². The van der Waals surface area contributed by atoms with E-state index >= 15 is 0 Å². The molecule has 11 nitrogen and oxygen atoms in total. The Labute approximate surface area is 202 Å². The Bertz CT molecular complexity index is 1380. The van der Waals surface area contributed by atoms with Crippen LogP contribution in [0.3, 0.4) is 0 Å². The minimum absolute atomic E-state index is 0.175. The number of hydrogen-bond donors (Lipinski definition) is 0. The molecule has 11 heteroatoms. The lowest BCUT2D eigenvalue weighted by Gasteiger charge is -2.20. The number of esters is 1. The lowest BCUT2D eigenvalue weighted by Crippen LogP contribution is -2.39. The summed E-state index contributed by atoms with van der Waals surface area (Å²) in [7, 11) is 0. The molecule has 0 unspecified atom stereocenters. The maximum atomic E-state index is 12.3. The van der Waals surface area contributed by atoms with Crippen molar-refractivity contribution in [1.29, 1.82) is 0 Å². The summed E-state index contributed by atoms with van der Waals surface area (Å²) >= 11 is 0. The van der Waals surface area contributed by atoms with Gasteiger partial charge in [-0.05, 0) is 46.8 Å². The Hall–Kier alpha value is -4.02. The van der Waals surface area contributed by atoms with Crippen LogP contribution >= 0.6 is 0 Å². The fourth-order valence-corrected chi connectivity index (χ4v) is 4.01. The SMILES string of the molecule is CCOC(=O)C(C)(C)n1ncc(-c2ccc3c(c2)OCCn2cc(-c4ncnn4C(C)C)nc2-3)n1. The zero-order valence-corrected chi connectivity index (χ0v) is 20.5. The topological polar surface area (TPSA) is 115 Å². The van der Waals surface area contributed by atoms with E-state index in [1.165, 1.54) is 4.80 Å². The summed E-state index contributed by atoms with van der Waals surface area (Å²) in [5.41, 5.74) is 2.09. The van der Waals surface area contributed by atoms with Crippen LogP contribution in [0.4, 0.5) is 0 Å². The fraction of sp³-hybridized carbons (Fsp3) is 0.417. The van der Waals surface area contributed by atoms with Gasteiger partial charge in [0.25, 0.3) is 0 Å². The van der Waals surface area contributed by atoms with E-state index < -0.39 is 5.54 Å². The van der Waals surface area contributed by atoms with Crippen molar-refractivity contribution in [3.63, 3.8) is 0 Å². The average molecular weight is 477 g/mol. The Morgan fingerprint density at radius 3 is 2.80 bits per heavy atom. The molecule has 35 heavy (non-hydrogen) atoms. The van der Waals surface area contributed by atoms with Crippen LogP contribution in [0.25, 0.3) is 34.2 Å². The summed E-state index contributed by atoms with van der Waals surface area (Å²) in [6.45, 7) is 10.8. The third-order valence-corrected chi connectivity index (χ3v) is 5.94. The molecular formula is C24H28N8O3. The highest BCUT2D eigenvalue weighted by atomic mass is 16.5. The minimum Gasteiger partial charge on any atom is -0.491 e. The summed E-state index contributed by atoms with van der Waals surface area (Å²) in [6, 6.07) is 6.03. The summed E-state index contributed by atoms with van der Waals surface area (Å²) in [6.07, 6.45) is 5.18. The van der Waals surface area contributed by atoms with E-state index in [-0.39, 0.29) is 12.0 Å². The first-order valence-electron chi connectivity index (χ1n) is 11.6. The Morgan fingerprint density at radius 1 is 1.20 bits per heavy atom. The van der Waals surface area contributed by atoms with Gasteiger partial charge in [0.05, 0.1) is 24.9 Å². The number of imidazole rings is 1. The van der Waals surface area contributed by atoms with Gasteiger partial charge in [0, 0.05) is 17.8 Å². The molecule has 0 bridgehead atoms. The first-order valence-corrected chi connectivity index (χ1v) is 11.6. The van der Waals surface area contributed by atoms with Crippen LogP contribution < -0.4 is 4.74 Å². The second kappa shape index (κ2) is 8.64. The molecule has 4 aromatic rings. The molecular weight excluding hydrogens is 448 g/mol. The molecule has 0 fully saturated rings. The van der Waals surface area contributed by atoms with Gasteiger partial charge in [-0.25, -0.2) is 19.4 Å². The molecule has 0 atom stereocenters. The zero-order valence-electron chi connectivity index (χ0n) is 20.5. The van der Waals surface area contributed by atoms with Crippen molar-refractivity contribution >= 4 is 5.97 Å². The second-order valence-electron chi connectivity index (χ2n) is 9.12. The first-order chi connectivity index (χ1) is 16.8. The molecule has 3 aromatic heterocycles. The summed E-state index contributed by atoms with van der Waals surface area (Å²) in [4.78, 5) is 23.0. The minimum atomic E-state index is -1.02. The van der Waals surface area contributed by atoms with Crippen molar-refractivity contribution in [2.75, 3.05) is 13.2 Å². The number of carbonyl (C=O) groups is 1. The third kappa shape index (κ3) is 3.96. The standard InChI is InChI=1S/C24H28N8O3/c1-6-34-23(33)24(4,5)32-26-12-18(29-32)16-7-8-17-20(11-16)35-10-9-30-13-19(28-21(17)30)22-25-14-27-31(22)15(2)3/h7-8,11-15H,6,9-10H2,1-5H3. The number of fused-ring (bicyclic) bond motifs is 3. The van der Waals surface area contributed by atoms with Crippen molar-refractivity contribution in [1.82, 2.24) is 39.3 Å². The molecule has 1 aromatic carbocycles. The van der Waals surface area contributed by atoms with Gasteiger partial charge in [-0.1, -0.05) is 6.07 Å². The van der Waals surface area contributed by atoms with E-state index in [2.05, 4.69) is 38.7 Å². The van der Waals surface area contributed by atoms with E-state index in [0.29, 0.717) is 31.2 Å². The lowest BCUT2D eigenvalue weighted by molar-refractivity contribution is -0.153. The highest BCUT2D eigenvalue weighted by Gasteiger charge is 2.34. The molecule has 1 aliphatic heterocycles. The van der Waals surface area contributed by atoms with Crippen LogP contribution in [0.5, 0.6) is 5.75 Å².